The van der Waals surface area contributed by atoms with Crippen LogP contribution in [0.4, 0.5) is 0 Å². The summed E-state index contributed by atoms with van der Waals surface area (Å²) in [5.41, 5.74) is 2.90. The fourth-order valence-corrected chi connectivity index (χ4v) is 3.00. The van der Waals surface area contributed by atoms with Crippen molar-refractivity contribution in [2.75, 3.05) is 0 Å². The van der Waals surface area contributed by atoms with Gasteiger partial charge in [0.1, 0.15) is 12.3 Å². The van der Waals surface area contributed by atoms with E-state index in [9.17, 15) is 4.79 Å². The van der Waals surface area contributed by atoms with E-state index in [1.165, 1.54) is 0 Å². The molecule has 6 heteroatoms. The molecule has 0 fully saturated rings. The first kappa shape index (κ1) is 17.0. The summed E-state index contributed by atoms with van der Waals surface area (Å²) in [6.45, 7) is 4.33. The van der Waals surface area contributed by atoms with Crippen molar-refractivity contribution in [2.45, 2.75) is 26.4 Å². The number of hydrogen-bond acceptors (Lipinski definition) is 4. The van der Waals surface area contributed by atoms with Crippen LogP contribution in [0.2, 0.25) is 0 Å². The van der Waals surface area contributed by atoms with E-state index in [0.29, 0.717) is 17.8 Å². The Bertz CT molecular complexity index is 1070. The fraction of sp³-hybridized carbons (Fsp3) is 0.190. The first-order valence-electron chi connectivity index (χ1n) is 8.87. The molecule has 136 valence electrons. The highest BCUT2D eigenvalue weighted by atomic mass is 16.3. The lowest BCUT2D eigenvalue weighted by Crippen LogP contribution is -2.30. The van der Waals surface area contributed by atoms with Gasteiger partial charge in [-0.25, -0.2) is 9.67 Å². The molecular weight excluding hydrogens is 340 g/mol. The Morgan fingerprint density at radius 1 is 1.19 bits per heavy atom. The van der Waals surface area contributed by atoms with E-state index in [1.54, 1.807) is 17.1 Å². The molecule has 0 aliphatic rings. The lowest BCUT2D eigenvalue weighted by Gasteiger charge is -2.11. The Hall–Kier alpha value is -3.41. The Morgan fingerprint density at radius 2 is 2.00 bits per heavy atom. The number of benzene rings is 1. The number of pyridine rings is 1. The van der Waals surface area contributed by atoms with Crippen LogP contribution in [0.3, 0.4) is 0 Å². The molecule has 27 heavy (non-hydrogen) atoms. The predicted molar refractivity (Wildman–Crippen MR) is 103 cm³/mol. The van der Waals surface area contributed by atoms with Crippen LogP contribution in [0.5, 0.6) is 0 Å². The zero-order valence-electron chi connectivity index (χ0n) is 15.2. The first-order valence-corrected chi connectivity index (χ1v) is 8.87. The summed E-state index contributed by atoms with van der Waals surface area (Å²) in [5.74, 6) is 0.646. The van der Waals surface area contributed by atoms with Gasteiger partial charge in [0.15, 0.2) is 5.65 Å². The number of amides is 1. The predicted octanol–water partition coefficient (Wildman–Crippen LogP) is 3.88. The summed E-state index contributed by atoms with van der Waals surface area (Å²) >= 11 is 0. The number of hydrogen-bond donors (Lipinski definition) is 1. The molecule has 0 atom stereocenters. The second-order valence-corrected chi connectivity index (χ2v) is 6.67. The van der Waals surface area contributed by atoms with E-state index in [0.717, 1.165) is 22.4 Å². The molecule has 4 aromatic rings. The summed E-state index contributed by atoms with van der Waals surface area (Å²) in [4.78, 5) is 17.6. The minimum Gasteiger partial charge on any atom is -0.467 e. The average Bonchev–Trinajstić information content (AvgIpc) is 3.32. The summed E-state index contributed by atoms with van der Waals surface area (Å²) in [6, 6.07) is 15.4. The summed E-state index contributed by atoms with van der Waals surface area (Å²) in [5, 5.41) is 8.13. The molecule has 0 unspecified atom stereocenters. The zero-order chi connectivity index (χ0) is 18.8. The Kier molecular flexibility index (Phi) is 4.46. The molecule has 1 N–H and O–H groups in total. The van der Waals surface area contributed by atoms with E-state index < -0.39 is 0 Å². The van der Waals surface area contributed by atoms with Crippen molar-refractivity contribution in [3.8, 4) is 11.3 Å². The lowest BCUT2D eigenvalue weighted by atomic mass is 10.1. The molecule has 1 aromatic carbocycles. The van der Waals surface area contributed by atoms with E-state index >= 15 is 0 Å². The average molecular weight is 360 g/mol. The number of furan rings is 1. The quantitative estimate of drug-likeness (QED) is 0.586. The van der Waals surface area contributed by atoms with E-state index in [1.807, 2.05) is 62.4 Å². The largest absolute Gasteiger partial charge is 0.467 e. The SMILES string of the molecule is CC(C)NC(=O)c1cc(-c2ccccc2)nc2c1cnn2Cc1ccco1. The zero-order valence-corrected chi connectivity index (χ0v) is 15.2. The second kappa shape index (κ2) is 7.07. The van der Waals surface area contributed by atoms with Crippen molar-refractivity contribution in [1.29, 1.82) is 0 Å². The highest BCUT2D eigenvalue weighted by Crippen LogP contribution is 2.25. The second-order valence-electron chi connectivity index (χ2n) is 6.67. The van der Waals surface area contributed by atoms with Crippen molar-refractivity contribution < 1.29 is 9.21 Å². The van der Waals surface area contributed by atoms with Crippen LogP contribution in [0.1, 0.15) is 30.0 Å². The molecule has 3 aromatic heterocycles. The molecule has 3 heterocycles. The topological polar surface area (TPSA) is 73.0 Å². The third-order valence-electron chi connectivity index (χ3n) is 4.23. The van der Waals surface area contributed by atoms with Gasteiger partial charge in [0, 0.05) is 11.6 Å². The molecule has 0 spiro atoms. The van der Waals surface area contributed by atoms with Gasteiger partial charge in [-0.1, -0.05) is 30.3 Å². The molecule has 0 bridgehead atoms. The van der Waals surface area contributed by atoms with Gasteiger partial charge in [-0.3, -0.25) is 4.79 Å². The number of fused-ring (bicyclic) bond motifs is 1. The van der Waals surface area contributed by atoms with Crippen LogP contribution in [-0.4, -0.2) is 26.7 Å². The summed E-state index contributed by atoms with van der Waals surface area (Å²) in [7, 11) is 0. The van der Waals surface area contributed by atoms with Crippen molar-refractivity contribution in [3.05, 3.63) is 72.3 Å². The summed E-state index contributed by atoms with van der Waals surface area (Å²) < 4.78 is 7.19. The molecule has 0 aliphatic carbocycles. The monoisotopic (exact) mass is 360 g/mol. The maximum Gasteiger partial charge on any atom is 0.252 e. The highest BCUT2D eigenvalue weighted by Gasteiger charge is 2.18. The van der Waals surface area contributed by atoms with Gasteiger partial charge < -0.3 is 9.73 Å². The van der Waals surface area contributed by atoms with Crippen molar-refractivity contribution in [1.82, 2.24) is 20.1 Å². The minimum absolute atomic E-state index is 0.0408. The summed E-state index contributed by atoms with van der Waals surface area (Å²) in [6.07, 6.45) is 3.32. The Morgan fingerprint density at radius 3 is 2.70 bits per heavy atom. The van der Waals surface area contributed by atoms with Gasteiger partial charge >= 0.3 is 0 Å². The first-order chi connectivity index (χ1) is 13.1. The van der Waals surface area contributed by atoms with Crippen molar-refractivity contribution in [3.63, 3.8) is 0 Å². The minimum atomic E-state index is -0.132. The number of carbonyl (C=O) groups is 1. The van der Waals surface area contributed by atoms with Gasteiger partial charge in [0.25, 0.3) is 5.91 Å². The van der Waals surface area contributed by atoms with Gasteiger partial charge in [-0.15, -0.1) is 0 Å². The molecule has 0 saturated carbocycles. The van der Waals surface area contributed by atoms with Crippen molar-refractivity contribution in [2.24, 2.45) is 0 Å². The van der Waals surface area contributed by atoms with Crippen molar-refractivity contribution >= 4 is 16.9 Å². The smallest absolute Gasteiger partial charge is 0.252 e. The molecule has 0 radical (unpaired) electrons. The molecule has 0 aliphatic heterocycles. The van der Waals surface area contributed by atoms with Crippen LogP contribution in [0.15, 0.2) is 65.4 Å². The number of rotatable bonds is 5. The van der Waals surface area contributed by atoms with Gasteiger partial charge in [0.2, 0.25) is 0 Å². The maximum atomic E-state index is 12.8. The Balaban J connectivity index is 1.87. The molecular formula is C21H20N4O2. The number of nitrogens with zero attached hydrogens (tertiary/aromatic N) is 3. The van der Waals surface area contributed by atoms with Crippen LogP contribution in [0.25, 0.3) is 22.3 Å². The molecule has 4 rings (SSSR count). The van der Waals surface area contributed by atoms with Crippen LogP contribution in [0, 0.1) is 0 Å². The number of aromatic nitrogens is 3. The normalized spacial score (nSPS) is 11.2. The molecule has 0 saturated heterocycles. The van der Waals surface area contributed by atoms with Crippen LogP contribution >= 0.6 is 0 Å². The lowest BCUT2D eigenvalue weighted by molar-refractivity contribution is 0.0944. The van der Waals surface area contributed by atoms with Crippen LogP contribution in [-0.2, 0) is 6.54 Å². The Labute approximate surface area is 156 Å². The number of nitrogens with one attached hydrogen (secondary N) is 1. The van der Waals surface area contributed by atoms with Gasteiger partial charge in [-0.05, 0) is 32.0 Å². The van der Waals surface area contributed by atoms with E-state index in [2.05, 4.69) is 10.4 Å². The standard InChI is InChI=1S/C21H20N4O2/c1-14(2)23-21(26)17-11-19(15-7-4-3-5-8-15)24-20-18(17)12-22-25(20)13-16-9-6-10-27-16/h3-12,14H,13H2,1-2H3,(H,23,26). The van der Waals surface area contributed by atoms with Gasteiger partial charge in [0.05, 0.1) is 29.1 Å². The van der Waals surface area contributed by atoms with Gasteiger partial charge in [-0.2, -0.15) is 5.10 Å². The molecule has 6 nitrogen and oxygen atoms in total. The fourth-order valence-electron chi connectivity index (χ4n) is 3.00. The molecule has 1 amide bonds. The maximum absolute atomic E-state index is 12.8. The van der Waals surface area contributed by atoms with Crippen LogP contribution < -0.4 is 5.32 Å². The third kappa shape index (κ3) is 3.46. The van der Waals surface area contributed by atoms with E-state index in [4.69, 9.17) is 9.40 Å². The highest BCUT2D eigenvalue weighted by molar-refractivity contribution is 6.06. The van der Waals surface area contributed by atoms with E-state index in [-0.39, 0.29) is 11.9 Å². The third-order valence-corrected chi connectivity index (χ3v) is 4.23. The number of carbonyl (C=O) groups excluding carboxylic acids is 1.